The van der Waals surface area contributed by atoms with Crippen molar-refractivity contribution in [1.82, 2.24) is 20.4 Å². The van der Waals surface area contributed by atoms with Crippen LogP contribution in [0.25, 0.3) is 0 Å². The number of rotatable bonds is 6. The summed E-state index contributed by atoms with van der Waals surface area (Å²) in [7, 11) is 1.96. The van der Waals surface area contributed by atoms with Crippen molar-refractivity contribution in [2.75, 3.05) is 32.0 Å². The normalized spacial score (nSPS) is 22.5. The SMILES string of the molecule is CN(CC(=O)Nc1nnc(C2CC2)o1)CC1CCCCN1. The lowest BCUT2D eigenvalue weighted by Crippen LogP contribution is -2.44. The Kier molecular flexibility index (Phi) is 4.50. The zero-order chi connectivity index (χ0) is 14.7. The fraction of sp³-hybridized carbons (Fsp3) is 0.786. The van der Waals surface area contributed by atoms with Crippen LogP contribution in [0.15, 0.2) is 4.42 Å². The summed E-state index contributed by atoms with van der Waals surface area (Å²) in [6.45, 7) is 2.29. The molecule has 1 aliphatic heterocycles. The van der Waals surface area contributed by atoms with Gasteiger partial charge >= 0.3 is 6.01 Å². The van der Waals surface area contributed by atoms with Crippen LogP contribution in [-0.2, 0) is 4.79 Å². The van der Waals surface area contributed by atoms with Crippen molar-refractivity contribution in [3.05, 3.63) is 5.89 Å². The molecule has 2 N–H and O–H groups in total. The van der Waals surface area contributed by atoms with E-state index in [0.717, 1.165) is 25.9 Å². The minimum Gasteiger partial charge on any atom is -0.408 e. The second-order valence-electron chi connectivity index (χ2n) is 6.11. The topological polar surface area (TPSA) is 83.3 Å². The standard InChI is InChI=1S/C14H23N5O2/c1-19(8-11-4-2-3-7-15-11)9-12(20)16-14-18-17-13(21-14)10-5-6-10/h10-11,15H,2-9H2,1H3,(H,16,18,20). The first kappa shape index (κ1) is 14.5. The number of carbonyl (C=O) groups is 1. The smallest absolute Gasteiger partial charge is 0.322 e. The van der Waals surface area contributed by atoms with Crippen LogP contribution in [0.5, 0.6) is 0 Å². The van der Waals surface area contributed by atoms with Crippen molar-refractivity contribution < 1.29 is 9.21 Å². The molecule has 2 heterocycles. The Morgan fingerprint density at radius 2 is 2.24 bits per heavy atom. The van der Waals surface area contributed by atoms with Gasteiger partial charge in [0, 0.05) is 18.5 Å². The van der Waals surface area contributed by atoms with Gasteiger partial charge in [0.25, 0.3) is 0 Å². The molecule has 116 valence electrons. The van der Waals surface area contributed by atoms with Crippen LogP contribution in [0.1, 0.15) is 43.9 Å². The van der Waals surface area contributed by atoms with Gasteiger partial charge in [-0.05, 0) is 39.3 Å². The van der Waals surface area contributed by atoms with Crippen LogP contribution in [0.4, 0.5) is 6.01 Å². The number of amides is 1. The summed E-state index contributed by atoms with van der Waals surface area (Å²) >= 11 is 0. The highest BCUT2D eigenvalue weighted by Crippen LogP contribution is 2.39. The maximum Gasteiger partial charge on any atom is 0.322 e. The van der Waals surface area contributed by atoms with Gasteiger partial charge in [-0.3, -0.25) is 15.0 Å². The van der Waals surface area contributed by atoms with Gasteiger partial charge in [0.15, 0.2) is 0 Å². The van der Waals surface area contributed by atoms with E-state index in [9.17, 15) is 4.79 Å². The summed E-state index contributed by atoms with van der Waals surface area (Å²) in [6, 6.07) is 0.701. The number of hydrogen-bond donors (Lipinski definition) is 2. The first-order valence-corrected chi connectivity index (χ1v) is 7.76. The van der Waals surface area contributed by atoms with E-state index in [-0.39, 0.29) is 11.9 Å². The monoisotopic (exact) mass is 293 g/mol. The number of nitrogens with one attached hydrogen (secondary N) is 2. The Hall–Kier alpha value is -1.47. The van der Waals surface area contributed by atoms with Gasteiger partial charge in [0.2, 0.25) is 11.8 Å². The van der Waals surface area contributed by atoms with Gasteiger partial charge in [-0.15, -0.1) is 5.10 Å². The number of carbonyl (C=O) groups excluding carboxylic acids is 1. The van der Waals surface area contributed by atoms with E-state index in [2.05, 4.69) is 20.8 Å². The van der Waals surface area contributed by atoms with E-state index in [4.69, 9.17) is 4.42 Å². The lowest BCUT2D eigenvalue weighted by atomic mass is 10.0. The van der Waals surface area contributed by atoms with E-state index >= 15 is 0 Å². The molecule has 0 aromatic carbocycles. The highest BCUT2D eigenvalue weighted by atomic mass is 16.4. The molecule has 21 heavy (non-hydrogen) atoms. The van der Waals surface area contributed by atoms with Crippen molar-refractivity contribution >= 4 is 11.9 Å². The third kappa shape index (κ3) is 4.25. The molecule has 3 rings (SSSR count). The predicted molar refractivity (Wildman–Crippen MR) is 78.0 cm³/mol. The fourth-order valence-electron chi connectivity index (χ4n) is 2.70. The molecule has 2 fully saturated rings. The summed E-state index contributed by atoms with van der Waals surface area (Å²) in [6.07, 6.45) is 5.91. The minimum absolute atomic E-state index is 0.112. The Morgan fingerprint density at radius 3 is 2.95 bits per heavy atom. The van der Waals surface area contributed by atoms with Gasteiger partial charge in [-0.25, -0.2) is 0 Å². The van der Waals surface area contributed by atoms with Crippen molar-refractivity contribution in [3.63, 3.8) is 0 Å². The number of hydrogen-bond acceptors (Lipinski definition) is 6. The highest BCUT2D eigenvalue weighted by Gasteiger charge is 2.29. The molecule has 1 atom stereocenters. The fourth-order valence-corrected chi connectivity index (χ4v) is 2.70. The molecule has 2 aliphatic rings. The van der Waals surface area contributed by atoms with Crippen LogP contribution in [0.3, 0.4) is 0 Å². The van der Waals surface area contributed by atoms with E-state index in [0.29, 0.717) is 24.4 Å². The molecule has 0 bridgehead atoms. The average molecular weight is 293 g/mol. The second kappa shape index (κ2) is 6.53. The molecular weight excluding hydrogens is 270 g/mol. The molecule has 0 radical (unpaired) electrons. The first-order valence-electron chi connectivity index (χ1n) is 7.76. The van der Waals surface area contributed by atoms with E-state index < -0.39 is 0 Å². The molecule has 1 aromatic heterocycles. The average Bonchev–Trinajstić information content (AvgIpc) is 3.20. The van der Waals surface area contributed by atoms with Crippen LogP contribution in [-0.4, -0.2) is 53.7 Å². The van der Waals surface area contributed by atoms with Gasteiger partial charge in [-0.1, -0.05) is 11.5 Å². The van der Waals surface area contributed by atoms with Crippen molar-refractivity contribution in [1.29, 1.82) is 0 Å². The summed E-state index contributed by atoms with van der Waals surface area (Å²) in [5.74, 6) is 0.938. The van der Waals surface area contributed by atoms with Crippen LogP contribution < -0.4 is 10.6 Å². The van der Waals surface area contributed by atoms with Gasteiger partial charge in [-0.2, -0.15) is 0 Å². The molecule has 1 aliphatic carbocycles. The van der Waals surface area contributed by atoms with Crippen LogP contribution in [0.2, 0.25) is 0 Å². The second-order valence-corrected chi connectivity index (χ2v) is 6.11. The van der Waals surface area contributed by atoms with Crippen molar-refractivity contribution in [2.24, 2.45) is 0 Å². The lowest BCUT2D eigenvalue weighted by molar-refractivity contribution is -0.117. The largest absolute Gasteiger partial charge is 0.408 e. The summed E-state index contributed by atoms with van der Waals surface area (Å²) in [4.78, 5) is 14.0. The maximum atomic E-state index is 12.0. The van der Waals surface area contributed by atoms with E-state index in [1.807, 2.05) is 11.9 Å². The number of nitrogens with zero attached hydrogens (tertiary/aromatic N) is 3. The molecule has 1 aromatic rings. The lowest BCUT2D eigenvalue weighted by Gasteiger charge is -2.27. The molecule has 1 saturated heterocycles. The van der Waals surface area contributed by atoms with Crippen molar-refractivity contribution in [3.8, 4) is 0 Å². The molecule has 7 heteroatoms. The van der Waals surface area contributed by atoms with Crippen LogP contribution in [0, 0.1) is 0 Å². The molecule has 7 nitrogen and oxygen atoms in total. The molecule has 0 spiro atoms. The third-order valence-corrected chi connectivity index (χ3v) is 3.97. The maximum absolute atomic E-state index is 12.0. The summed E-state index contributed by atoms with van der Waals surface area (Å²) < 4.78 is 5.42. The number of anilines is 1. The predicted octanol–water partition coefficient (Wildman–Crippen LogP) is 0.959. The Labute approximate surface area is 124 Å². The zero-order valence-electron chi connectivity index (χ0n) is 12.5. The van der Waals surface area contributed by atoms with Gasteiger partial charge in [0.1, 0.15) is 0 Å². The van der Waals surface area contributed by atoms with Gasteiger partial charge in [0.05, 0.1) is 6.54 Å². The summed E-state index contributed by atoms with van der Waals surface area (Å²) in [5.41, 5.74) is 0. The summed E-state index contributed by atoms with van der Waals surface area (Å²) in [5, 5.41) is 14.0. The number of aromatic nitrogens is 2. The van der Waals surface area contributed by atoms with E-state index in [1.54, 1.807) is 0 Å². The first-order chi connectivity index (χ1) is 10.2. The van der Waals surface area contributed by atoms with Gasteiger partial charge < -0.3 is 9.73 Å². The Bertz CT molecular complexity index is 479. The molecule has 1 unspecified atom stereocenters. The zero-order valence-corrected chi connectivity index (χ0v) is 12.5. The molecule has 1 amide bonds. The number of piperidine rings is 1. The van der Waals surface area contributed by atoms with Crippen molar-refractivity contribution in [2.45, 2.75) is 44.1 Å². The third-order valence-electron chi connectivity index (χ3n) is 3.97. The highest BCUT2D eigenvalue weighted by molar-refractivity contribution is 5.90. The quantitative estimate of drug-likeness (QED) is 0.813. The van der Waals surface area contributed by atoms with E-state index in [1.165, 1.54) is 19.3 Å². The minimum atomic E-state index is -0.112. The molecule has 1 saturated carbocycles. The number of likely N-dealkylation sites (N-methyl/N-ethyl adjacent to an activating group) is 1. The Morgan fingerprint density at radius 1 is 1.38 bits per heavy atom. The Balaban J connectivity index is 1.41. The van der Waals surface area contributed by atoms with Crippen LogP contribution >= 0.6 is 0 Å². The molecular formula is C14H23N5O2.